The molecule has 1 fully saturated rings. The topological polar surface area (TPSA) is 65.4 Å². The molecule has 5 heterocycles. The number of anilines is 1. The van der Waals surface area contributed by atoms with E-state index in [0.29, 0.717) is 17.1 Å². The van der Waals surface area contributed by atoms with Gasteiger partial charge in [0.2, 0.25) is 0 Å². The molecule has 8 heteroatoms. The van der Waals surface area contributed by atoms with Crippen LogP contribution in [-0.2, 0) is 0 Å². The lowest BCUT2D eigenvalue weighted by molar-refractivity contribution is 0.205. The van der Waals surface area contributed by atoms with Crippen molar-refractivity contribution in [3.8, 4) is 11.3 Å². The molecule has 0 radical (unpaired) electrons. The fraction of sp³-hybridized carbons (Fsp3) is 0.519. The van der Waals surface area contributed by atoms with Crippen molar-refractivity contribution in [3.63, 3.8) is 0 Å². The summed E-state index contributed by atoms with van der Waals surface area (Å²) in [6.07, 6.45) is 5.36. The first-order valence-electron chi connectivity index (χ1n) is 12.7. The van der Waals surface area contributed by atoms with Crippen LogP contribution in [0.3, 0.4) is 0 Å². The molecule has 186 valence electrons. The monoisotopic (exact) mass is 477 g/mol. The van der Waals surface area contributed by atoms with Crippen LogP contribution in [0.1, 0.15) is 57.2 Å². The average molecular weight is 478 g/mol. The molecule has 5 rings (SSSR count). The molecule has 1 aliphatic rings. The van der Waals surface area contributed by atoms with Crippen LogP contribution in [0.25, 0.3) is 27.8 Å². The van der Waals surface area contributed by atoms with Gasteiger partial charge in [0.05, 0.1) is 17.4 Å². The quantitative estimate of drug-likeness (QED) is 0.422. The third kappa shape index (κ3) is 3.97. The summed E-state index contributed by atoms with van der Waals surface area (Å²) < 4.78 is 18.1. The first kappa shape index (κ1) is 23.7. The minimum absolute atomic E-state index is 0.120. The molecular formula is C27H36FN7. The Labute approximate surface area is 206 Å². The molecule has 0 amide bonds. The van der Waals surface area contributed by atoms with Crippen molar-refractivity contribution in [2.45, 2.75) is 60.4 Å². The Morgan fingerprint density at radius 2 is 1.89 bits per heavy atom. The van der Waals surface area contributed by atoms with Crippen LogP contribution in [0.15, 0.2) is 18.7 Å². The molecule has 0 bridgehead atoms. The summed E-state index contributed by atoms with van der Waals surface area (Å²) >= 11 is 0. The lowest BCUT2D eigenvalue weighted by Gasteiger charge is -2.41. The van der Waals surface area contributed by atoms with Crippen molar-refractivity contribution in [2.24, 2.45) is 5.92 Å². The number of fused-ring (bicyclic) bond motifs is 2. The van der Waals surface area contributed by atoms with Crippen molar-refractivity contribution in [3.05, 3.63) is 41.2 Å². The van der Waals surface area contributed by atoms with Gasteiger partial charge in [-0.3, -0.25) is 4.90 Å². The van der Waals surface area contributed by atoms with Gasteiger partial charge in [0, 0.05) is 49.4 Å². The largest absolute Gasteiger partial charge is 0.353 e. The Morgan fingerprint density at radius 1 is 1.11 bits per heavy atom. The van der Waals surface area contributed by atoms with E-state index >= 15 is 4.39 Å². The maximum atomic E-state index is 16.3. The number of pyridine rings is 2. The average Bonchev–Trinajstić information content (AvgIpc) is 3.42. The third-order valence-corrected chi connectivity index (χ3v) is 7.38. The number of nitrogens with one attached hydrogen (secondary N) is 1. The van der Waals surface area contributed by atoms with Crippen LogP contribution in [0.4, 0.5) is 10.2 Å². The van der Waals surface area contributed by atoms with Gasteiger partial charge in [0.25, 0.3) is 0 Å². The zero-order chi connectivity index (χ0) is 25.0. The minimum atomic E-state index is -0.228. The van der Waals surface area contributed by atoms with Gasteiger partial charge < -0.3 is 9.88 Å². The molecule has 0 spiro atoms. The van der Waals surface area contributed by atoms with Gasteiger partial charge >= 0.3 is 0 Å². The molecule has 0 aliphatic carbocycles. The number of aromatic amines is 1. The third-order valence-electron chi connectivity index (χ3n) is 7.38. The van der Waals surface area contributed by atoms with E-state index in [0.717, 1.165) is 65.3 Å². The number of hydrogen-bond acceptors (Lipinski definition) is 5. The first-order valence-corrected chi connectivity index (χ1v) is 12.7. The highest BCUT2D eigenvalue weighted by molar-refractivity contribution is 5.94. The maximum absolute atomic E-state index is 16.3. The second-order valence-corrected chi connectivity index (χ2v) is 10.8. The zero-order valence-corrected chi connectivity index (χ0v) is 21.9. The standard InChI is InChI=1S/C27H36FN7/c1-15(2)11-33-8-9-34(17(5)12-33)27-24(28)23-21(10-29-27)32-25(22(23)16(3)4)20-13-35-26(30-14-31-35)19(7)18(20)6/h10,13-17,32H,8-9,11-12H2,1-7H3/t17-/m1/s1. The van der Waals surface area contributed by atoms with Gasteiger partial charge in [-0.05, 0) is 49.3 Å². The second-order valence-electron chi connectivity index (χ2n) is 10.8. The van der Waals surface area contributed by atoms with Crippen molar-refractivity contribution in [2.75, 3.05) is 31.1 Å². The van der Waals surface area contributed by atoms with Crippen molar-refractivity contribution >= 4 is 22.4 Å². The molecule has 0 aromatic carbocycles. The number of piperazine rings is 1. The Balaban J connectivity index is 1.62. The Hall–Kier alpha value is -3.00. The summed E-state index contributed by atoms with van der Waals surface area (Å²) in [5.74, 6) is 0.973. The Kier molecular flexibility index (Phi) is 6.03. The van der Waals surface area contributed by atoms with E-state index in [-0.39, 0.29) is 17.8 Å². The molecule has 35 heavy (non-hydrogen) atoms. The summed E-state index contributed by atoms with van der Waals surface area (Å²) in [4.78, 5) is 17.1. The molecule has 1 saturated heterocycles. The van der Waals surface area contributed by atoms with Crippen LogP contribution < -0.4 is 4.90 Å². The molecule has 4 aromatic rings. The summed E-state index contributed by atoms with van der Waals surface area (Å²) in [5.41, 5.74) is 6.68. The lowest BCUT2D eigenvalue weighted by atomic mass is 9.94. The predicted molar refractivity (Wildman–Crippen MR) is 140 cm³/mol. The first-order chi connectivity index (χ1) is 16.7. The maximum Gasteiger partial charge on any atom is 0.175 e. The van der Waals surface area contributed by atoms with Gasteiger partial charge in [0.1, 0.15) is 6.33 Å². The van der Waals surface area contributed by atoms with Gasteiger partial charge in [-0.2, -0.15) is 5.10 Å². The van der Waals surface area contributed by atoms with E-state index < -0.39 is 0 Å². The number of H-pyrrole nitrogens is 1. The summed E-state index contributed by atoms with van der Waals surface area (Å²) in [6, 6.07) is 0.197. The number of aromatic nitrogens is 5. The number of nitrogens with zero attached hydrogens (tertiary/aromatic N) is 6. The van der Waals surface area contributed by atoms with Crippen LogP contribution in [-0.4, -0.2) is 61.7 Å². The number of aryl methyl sites for hydroxylation is 1. The molecule has 1 aliphatic heterocycles. The van der Waals surface area contributed by atoms with Crippen LogP contribution in [0.2, 0.25) is 0 Å². The van der Waals surface area contributed by atoms with Crippen LogP contribution in [0.5, 0.6) is 0 Å². The van der Waals surface area contributed by atoms with Crippen LogP contribution >= 0.6 is 0 Å². The van der Waals surface area contributed by atoms with Gasteiger partial charge in [-0.1, -0.05) is 27.7 Å². The van der Waals surface area contributed by atoms with Gasteiger partial charge in [-0.25, -0.2) is 18.9 Å². The predicted octanol–water partition coefficient (Wildman–Crippen LogP) is 5.32. The van der Waals surface area contributed by atoms with E-state index in [1.54, 1.807) is 17.0 Å². The van der Waals surface area contributed by atoms with Crippen molar-refractivity contribution in [1.82, 2.24) is 29.5 Å². The fourth-order valence-electron chi connectivity index (χ4n) is 5.64. The highest BCUT2D eigenvalue weighted by Gasteiger charge is 2.30. The summed E-state index contributed by atoms with van der Waals surface area (Å²) in [6.45, 7) is 18.7. The number of halogens is 1. The fourth-order valence-corrected chi connectivity index (χ4v) is 5.64. The zero-order valence-electron chi connectivity index (χ0n) is 21.9. The van der Waals surface area contributed by atoms with E-state index in [9.17, 15) is 0 Å². The summed E-state index contributed by atoms with van der Waals surface area (Å²) in [5, 5.41) is 5.00. The van der Waals surface area contributed by atoms with E-state index in [1.807, 2.05) is 6.20 Å². The number of hydrogen-bond donors (Lipinski definition) is 1. The Morgan fingerprint density at radius 3 is 2.57 bits per heavy atom. The van der Waals surface area contributed by atoms with E-state index in [4.69, 9.17) is 0 Å². The molecule has 1 atom stereocenters. The Bertz CT molecular complexity index is 1380. The highest BCUT2D eigenvalue weighted by Crippen LogP contribution is 2.40. The molecular weight excluding hydrogens is 441 g/mol. The lowest BCUT2D eigenvalue weighted by Crippen LogP contribution is -2.53. The second kappa shape index (κ2) is 8.90. The summed E-state index contributed by atoms with van der Waals surface area (Å²) in [7, 11) is 0. The molecule has 1 N–H and O–H groups in total. The highest BCUT2D eigenvalue weighted by atomic mass is 19.1. The van der Waals surface area contributed by atoms with E-state index in [2.05, 4.69) is 78.3 Å². The van der Waals surface area contributed by atoms with Gasteiger partial charge in [-0.15, -0.1) is 0 Å². The SMILES string of the molecule is Cc1c(-c2[nH]c3cnc(N4CCN(CC(C)C)C[C@H]4C)c(F)c3c2C(C)C)cn2ncnc2c1C. The molecule has 0 unspecified atom stereocenters. The van der Waals surface area contributed by atoms with Crippen molar-refractivity contribution in [1.29, 1.82) is 0 Å². The molecule has 4 aromatic heterocycles. The van der Waals surface area contributed by atoms with Crippen molar-refractivity contribution < 1.29 is 4.39 Å². The number of rotatable bonds is 5. The smallest absolute Gasteiger partial charge is 0.175 e. The van der Waals surface area contributed by atoms with E-state index in [1.165, 1.54) is 0 Å². The molecule has 0 saturated carbocycles. The minimum Gasteiger partial charge on any atom is -0.353 e. The normalized spacial score (nSPS) is 17.5. The van der Waals surface area contributed by atoms with Crippen LogP contribution in [0, 0.1) is 25.6 Å². The molecule has 7 nitrogen and oxygen atoms in total. The van der Waals surface area contributed by atoms with Gasteiger partial charge in [0.15, 0.2) is 17.3 Å².